The van der Waals surface area contributed by atoms with E-state index >= 15 is 0 Å². The highest BCUT2D eigenvalue weighted by molar-refractivity contribution is 5.76. The summed E-state index contributed by atoms with van der Waals surface area (Å²) in [5.41, 5.74) is 1.08. The van der Waals surface area contributed by atoms with Crippen molar-refractivity contribution in [3.8, 4) is 0 Å². The van der Waals surface area contributed by atoms with Crippen LogP contribution in [0.1, 0.15) is 18.4 Å². The van der Waals surface area contributed by atoms with Crippen LogP contribution in [0.2, 0.25) is 0 Å². The number of hydrogen-bond acceptors (Lipinski definition) is 3. The van der Waals surface area contributed by atoms with Gasteiger partial charge in [0.05, 0.1) is 0 Å². The molecule has 0 aliphatic rings. The molecule has 0 bridgehead atoms. The number of aliphatic hydroxyl groups is 1. The van der Waals surface area contributed by atoms with Crippen molar-refractivity contribution >= 4 is 11.9 Å². The molecule has 0 heterocycles. The first-order valence-corrected chi connectivity index (χ1v) is 5.81. The summed E-state index contributed by atoms with van der Waals surface area (Å²) in [4.78, 5) is 21.8. The second kappa shape index (κ2) is 7.45. The van der Waals surface area contributed by atoms with E-state index in [1.165, 1.54) is 0 Å². The molecule has 18 heavy (non-hydrogen) atoms. The summed E-state index contributed by atoms with van der Waals surface area (Å²) in [5, 5.41) is 20.0. The molecule has 0 aliphatic carbocycles. The van der Waals surface area contributed by atoms with E-state index < -0.39 is 12.1 Å². The van der Waals surface area contributed by atoms with Gasteiger partial charge in [0, 0.05) is 19.4 Å². The highest BCUT2D eigenvalue weighted by atomic mass is 16.4. The minimum Gasteiger partial charge on any atom is -0.479 e. The van der Waals surface area contributed by atoms with Gasteiger partial charge in [-0.2, -0.15) is 0 Å². The maximum Gasteiger partial charge on any atom is 0.332 e. The van der Waals surface area contributed by atoms with Gasteiger partial charge in [-0.05, 0) is 12.0 Å². The van der Waals surface area contributed by atoms with Gasteiger partial charge in [-0.15, -0.1) is 0 Å². The highest BCUT2D eigenvalue weighted by Crippen LogP contribution is 2.02. The van der Waals surface area contributed by atoms with E-state index in [2.05, 4.69) is 5.32 Å². The van der Waals surface area contributed by atoms with E-state index in [0.717, 1.165) is 5.56 Å². The van der Waals surface area contributed by atoms with E-state index in [-0.39, 0.29) is 18.9 Å². The van der Waals surface area contributed by atoms with Gasteiger partial charge in [-0.25, -0.2) is 4.79 Å². The molecule has 1 rings (SSSR count). The lowest BCUT2D eigenvalue weighted by Gasteiger charge is -2.07. The Bertz CT molecular complexity index is 391. The molecular formula is C13H17NO4. The molecule has 0 spiro atoms. The zero-order chi connectivity index (χ0) is 13.4. The van der Waals surface area contributed by atoms with Gasteiger partial charge in [0.15, 0.2) is 6.10 Å². The lowest BCUT2D eigenvalue weighted by molar-refractivity contribution is -0.147. The van der Waals surface area contributed by atoms with Crippen LogP contribution < -0.4 is 5.32 Å². The second-order valence-corrected chi connectivity index (χ2v) is 3.98. The number of aryl methyl sites for hydroxylation is 1. The molecule has 0 saturated carbocycles. The predicted molar refractivity (Wildman–Crippen MR) is 66.0 cm³/mol. The van der Waals surface area contributed by atoms with Crippen molar-refractivity contribution in [3.05, 3.63) is 35.9 Å². The Balaban J connectivity index is 2.17. The summed E-state index contributed by atoms with van der Waals surface area (Å²) in [5.74, 6) is -1.41. The lowest BCUT2D eigenvalue weighted by atomic mass is 10.1. The molecule has 1 amide bonds. The number of aliphatic hydroxyl groups excluding tert-OH is 1. The van der Waals surface area contributed by atoms with Gasteiger partial charge in [0.2, 0.25) is 5.91 Å². The highest BCUT2D eigenvalue weighted by Gasteiger charge is 2.12. The van der Waals surface area contributed by atoms with Gasteiger partial charge in [-0.1, -0.05) is 30.3 Å². The molecule has 1 aromatic rings. The minimum atomic E-state index is -1.42. The maximum atomic E-state index is 11.4. The molecule has 0 aliphatic heterocycles. The first kappa shape index (κ1) is 14.2. The molecule has 0 unspecified atom stereocenters. The monoisotopic (exact) mass is 251 g/mol. The minimum absolute atomic E-state index is 0.0202. The lowest BCUT2D eigenvalue weighted by Crippen LogP contribution is -2.30. The molecule has 0 aromatic heterocycles. The molecular weight excluding hydrogens is 234 g/mol. The first-order valence-electron chi connectivity index (χ1n) is 5.81. The van der Waals surface area contributed by atoms with Gasteiger partial charge in [0.25, 0.3) is 0 Å². The van der Waals surface area contributed by atoms with Crippen LogP contribution >= 0.6 is 0 Å². The summed E-state index contributed by atoms with van der Waals surface area (Å²) in [6.45, 7) is 0.168. The van der Waals surface area contributed by atoms with Crippen molar-refractivity contribution < 1.29 is 19.8 Å². The van der Waals surface area contributed by atoms with Crippen LogP contribution in [-0.4, -0.2) is 34.7 Å². The van der Waals surface area contributed by atoms with E-state index in [4.69, 9.17) is 10.2 Å². The van der Waals surface area contributed by atoms with Crippen LogP contribution in [0.3, 0.4) is 0 Å². The van der Waals surface area contributed by atoms with Crippen LogP contribution in [0.4, 0.5) is 0 Å². The Kier molecular flexibility index (Phi) is 5.87. The standard InChI is InChI=1S/C13H17NO4/c15-11(13(17)18)8-9-14-12(16)7-6-10-4-2-1-3-5-10/h1-5,11,15H,6-9H2,(H,14,16)(H,17,18)/t11-/m0/s1. The normalized spacial score (nSPS) is 11.8. The number of benzene rings is 1. The van der Waals surface area contributed by atoms with E-state index in [1.54, 1.807) is 0 Å². The number of hydrogen-bond donors (Lipinski definition) is 3. The van der Waals surface area contributed by atoms with Crippen LogP contribution in [0.5, 0.6) is 0 Å². The zero-order valence-corrected chi connectivity index (χ0v) is 10.0. The number of carbonyl (C=O) groups excluding carboxylic acids is 1. The Labute approximate surface area is 105 Å². The molecule has 3 N–H and O–H groups in total. The summed E-state index contributed by atoms with van der Waals surface area (Å²) >= 11 is 0. The Hall–Kier alpha value is -1.88. The van der Waals surface area contributed by atoms with Gasteiger partial charge >= 0.3 is 5.97 Å². The Morgan fingerprint density at radius 1 is 1.22 bits per heavy atom. The summed E-state index contributed by atoms with van der Waals surface area (Å²) in [6, 6.07) is 9.63. The predicted octanol–water partition coefficient (Wildman–Crippen LogP) is 0.571. The molecule has 0 saturated heterocycles. The van der Waals surface area contributed by atoms with E-state index in [9.17, 15) is 9.59 Å². The fourth-order valence-electron chi connectivity index (χ4n) is 1.46. The van der Waals surface area contributed by atoms with Crippen LogP contribution in [0, 0.1) is 0 Å². The molecule has 5 heteroatoms. The van der Waals surface area contributed by atoms with Crippen LogP contribution in [0.15, 0.2) is 30.3 Å². The quantitative estimate of drug-likeness (QED) is 0.661. The maximum absolute atomic E-state index is 11.4. The van der Waals surface area contributed by atoms with Crippen LogP contribution in [-0.2, 0) is 16.0 Å². The summed E-state index contributed by atoms with van der Waals surface area (Å²) in [7, 11) is 0. The van der Waals surface area contributed by atoms with Crippen molar-refractivity contribution in [2.24, 2.45) is 0 Å². The van der Waals surface area contributed by atoms with E-state index in [1.807, 2.05) is 30.3 Å². The molecule has 1 aromatic carbocycles. The molecule has 98 valence electrons. The number of carbonyl (C=O) groups is 2. The Morgan fingerprint density at radius 3 is 2.50 bits per heavy atom. The number of carboxylic acids is 1. The smallest absolute Gasteiger partial charge is 0.332 e. The topological polar surface area (TPSA) is 86.6 Å². The van der Waals surface area contributed by atoms with Crippen molar-refractivity contribution in [3.63, 3.8) is 0 Å². The number of rotatable bonds is 7. The summed E-state index contributed by atoms with van der Waals surface area (Å²) in [6.07, 6.45) is -0.396. The third-order valence-electron chi connectivity index (χ3n) is 2.51. The fraction of sp³-hybridized carbons (Fsp3) is 0.385. The number of carboxylic acid groups (broad SMARTS) is 1. The average molecular weight is 251 g/mol. The number of amides is 1. The van der Waals surface area contributed by atoms with Crippen molar-refractivity contribution in [1.82, 2.24) is 5.32 Å². The van der Waals surface area contributed by atoms with Crippen molar-refractivity contribution in [1.29, 1.82) is 0 Å². The molecule has 1 atom stereocenters. The molecule has 0 radical (unpaired) electrons. The largest absolute Gasteiger partial charge is 0.479 e. The Morgan fingerprint density at radius 2 is 1.89 bits per heavy atom. The third kappa shape index (κ3) is 5.45. The number of nitrogens with one attached hydrogen (secondary N) is 1. The van der Waals surface area contributed by atoms with Crippen LogP contribution in [0.25, 0.3) is 0 Å². The number of aliphatic carboxylic acids is 1. The van der Waals surface area contributed by atoms with E-state index in [0.29, 0.717) is 12.8 Å². The SMILES string of the molecule is O=C(CCc1ccccc1)NCC[C@H](O)C(=O)O. The summed E-state index contributed by atoms with van der Waals surface area (Å²) < 4.78 is 0. The van der Waals surface area contributed by atoms with Gasteiger partial charge in [-0.3, -0.25) is 4.79 Å². The van der Waals surface area contributed by atoms with Crippen molar-refractivity contribution in [2.75, 3.05) is 6.54 Å². The molecule has 5 nitrogen and oxygen atoms in total. The zero-order valence-electron chi connectivity index (χ0n) is 10.0. The average Bonchev–Trinajstić information content (AvgIpc) is 2.37. The van der Waals surface area contributed by atoms with Crippen molar-refractivity contribution in [2.45, 2.75) is 25.4 Å². The second-order valence-electron chi connectivity index (χ2n) is 3.98. The van der Waals surface area contributed by atoms with Gasteiger partial charge < -0.3 is 15.5 Å². The first-order chi connectivity index (χ1) is 8.59. The molecule has 0 fully saturated rings. The van der Waals surface area contributed by atoms with Gasteiger partial charge in [0.1, 0.15) is 0 Å². The fourth-order valence-corrected chi connectivity index (χ4v) is 1.46. The third-order valence-corrected chi connectivity index (χ3v) is 2.51.